The maximum absolute atomic E-state index is 12.9. The number of halogens is 4. The standard InChI is InChI=1S/C13H7BrF3NO5/c1-22-10(19)5-9(13(15,16)17)23-18-11(20)7-3-2-6(14)4-8(7)12(18)21/h2-4,19H,1H3. The summed E-state index contributed by atoms with van der Waals surface area (Å²) in [6.45, 7) is 0. The zero-order valence-corrected chi connectivity index (χ0v) is 12.9. The molecule has 0 aromatic heterocycles. The number of carbonyl (C=O) groups is 2. The Labute approximate surface area is 135 Å². The van der Waals surface area contributed by atoms with Crippen molar-refractivity contribution >= 4 is 27.7 Å². The second kappa shape index (κ2) is 5.98. The summed E-state index contributed by atoms with van der Waals surface area (Å²) in [4.78, 5) is 28.4. The molecular formula is C13H7BrF3NO5. The van der Waals surface area contributed by atoms with E-state index in [1.54, 1.807) is 0 Å². The molecule has 0 bridgehead atoms. The van der Waals surface area contributed by atoms with Gasteiger partial charge in [-0.2, -0.15) is 13.2 Å². The number of hydrogen-bond donors (Lipinski definition) is 1. The zero-order chi connectivity index (χ0) is 17.4. The van der Waals surface area contributed by atoms with Crippen LogP contribution in [0.5, 0.6) is 0 Å². The van der Waals surface area contributed by atoms with Crippen LogP contribution in [0.3, 0.4) is 0 Å². The van der Waals surface area contributed by atoms with Crippen LogP contribution in [0.1, 0.15) is 20.7 Å². The first-order valence-electron chi connectivity index (χ1n) is 5.82. The Bertz CT molecular complexity index is 752. The Balaban J connectivity index is 2.42. The lowest BCUT2D eigenvalue weighted by molar-refractivity contribution is -0.170. The van der Waals surface area contributed by atoms with Crippen molar-refractivity contribution in [3.8, 4) is 0 Å². The van der Waals surface area contributed by atoms with Crippen molar-refractivity contribution in [1.82, 2.24) is 5.06 Å². The summed E-state index contributed by atoms with van der Waals surface area (Å²) in [6, 6.07) is 3.99. The van der Waals surface area contributed by atoms with E-state index < -0.39 is 29.7 Å². The van der Waals surface area contributed by atoms with E-state index in [0.717, 1.165) is 7.11 Å². The lowest BCUT2D eigenvalue weighted by Crippen LogP contribution is -2.32. The number of amides is 2. The molecule has 2 amide bonds. The molecule has 0 saturated carbocycles. The molecule has 0 spiro atoms. The fourth-order valence-electron chi connectivity index (χ4n) is 1.66. The Hall–Kier alpha value is -2.45. The Morgan fingerprint density at radius 1 is 1.26 bits per heavy atom. The summed E-state index contributed by atoms with van der Waals surface area (Å²) in [6.07, 6.45) is -5.12. The van der Waals surface area contributed by atoms with Gasteiger partial charge in [0.25, 0.3) is 17.6 Å². The first kappa shape index (κ1) is 16.9. The number of fused-ring (bicyclic) bond motifs is 1. The molecule has 1 N–H and O–H groups in total. The second-order valence-electron chi connectivity index (χ2n) is 4.15. The van der Waals surface area contributed by atoms with Gasteiger partial charge in [-0.05, 0) is 18.2 Å². The van der Waals surface area contributed by atoms with Gasteiger partial charge in [0, 0.05) is 10.2 Å². The normalized spacial score (nSPS) is 13.5. The van der Waals surface area contributed by atoms with Crippen LogP contribution < -0.4 is 0 Å². The average Bonchev–Trinajstić information content (AvgIpc) is 2.69. The third-order valence-corrected chi connectivity index (χ3v) is 3.16. The molecule has 0 atom stereocenters. The van der Waals surface area contributed by atoms with Gasteiger partial charge in [0.1, 0.15) is 0 Å². The number of imide groups is 1. The highest BCUT2D eigenvalue weighted by atomic mass is 79.9. The summed E-state index contributed by atoms with van der Waals surface area (Å²) < 4.78 is 43.2. The number of allylic oxidation sites excluding steroid dienone is 1. The highest BCUT2D eigenvalue weighted by Gasteiger charge is 2.44. The van der Waals surface area contributed by atoms with Gasteiger partial charge < -0.3 is 14.7 Å². The molecule has 1 aromatic carbocycles. The molecule has 6 nitrogen and oxygen atoms in total. The smallest absolute Gasteiger partial charge is 0.460 e. The predicted octanol–water partition coefficient (Wildman–Crippen LogP) is 3.07. The molecule has 1 aliphatic heterocycles. The van der Waals surface area contributed by atoms with Crippen molar-refractivity contribution in [2.45, 2.75) is 6.18 Å². The van der Waals surface area contributed by atoms with Crippen molar-refractivity contribution in [3.05, 3.63) is 51.2 Å². The molecule has 23 heavy (non-hydrogen) atoms. The topological polar surface area (TPSA) is 76.1 Å². The van der Waals surface area contributed by atoms with Gasteiger partial charge in [0.2, 0.25) is 0 Å². The number of aliphatic hydroxyl groups excluding tert-OH is 1. The molecule has 2 rings (SSSR count). The molecular weight excluding hydrogens is 387 g/mol. The molecule has 1 aliphatic rings. The van der Waals surface area contributed by atoms with Crippen LogP contribution in [0.25, 0.3) is 0 Å². The maximum Gasteiger partial charge on any atom is 0.460 e. The van der Waals surface area contributed by atoms with E-state index in [-0.39, 0.29) is 16.2 Å². The van der Waals surface area contributed by atoms with Crippen LogP contribution in [-0.2, 0) is 9.57 Å². The summed E-state index contributed by atoms with van der Waals surface area (Å²) in [7, 11) is 0.899. The summed E-state index contributed by atoms with van der Waals surface area (Å²) in [5.74, 6) is -5.29. The van der Waals surface area contributed by atoms with E-state index in [1.165, 1.54) is 23.9 Å². The van der Waals surface area contributed by atoms with Crippen molar-refractivity contribution in [2.24, 2.45) is 0 Å². The predicted molar refractivity (Wildman–Crippen MR) is 72.0 cm³/mol. The number of hydroxylamine groups is 2. The Morgan fingerprint density at radius 3 is 2.43 bits per heavy atom. The fourth-order valence-corrected chi connectivity index (χ4v) is 2.02. The van der Waals surface area contributed by atoms with Gasteiger partial charge in [0.05, 0.1) is 18.2 Å². The van der Waals surface area contributed by atoms with Crippen LogP contribution in [0.2, 0.25) is 0 Å². The molecule has 10 heteroatoms. The summed E-state index contributed by atoms with van der Waals surface area (Å²) in [5, 5.41) is 8.94. The number of hydrogen-bond acceptors (Lipinski definition) is 5. The molecule has 1 aromatic rings. The summed E-state index contributed by atoms with van der Waals surface area (Å²) in [5.41, 5.74) is 1.15. The maximum atomic E-state index is 12.9. The van der Waals surface area contributed by atoms with E-state index in [2.05, 4.69) is 25.5 Å². The number of carbonyl (C=O) groups excluding carboxylic acids is 2. The summed E-state index contributed by atoms with van der Waals surface area (Å²) >= 11 is 3.08. The van der Waals surface area contributed by atoms with Crippen molar-refractivity contribution < 1.29 is 37.4 Å². The van der Waals surface area contributed by atoms with E-state index in [4.69, 9.17) is 5.11 Å². The molecule has 0 fully saturated rings. The minimum Gasteiger partial charge on any atom is -0.475 e. The second-order valence-corrected chi connectivity index (χ2v) is 5.06. The largest absolute Gasteiger partial charge is 0.475 e. The number of alkyl halides is 3. The first-order chi connectivity index (χ1) is 10.6. The minimum atomic E-state index is -5.12. The van der Waals surface area contributed by atoms with E-state index >= 15 is 0 Å². The highest BCUT2D eigenvalue weighted by Crippen LogP contribution is 2.31. The van der Waals surface area contributed by atoms with Gasteiger partial charge in [0.15, 0.2) is 0 Å². The molecule has 0 aliphatic carbocycles. The highest BCUT2D eigenvalue weighted by molar-refractivity contribution is 9.10. The SMILES string of the molecule is COC(O)=C=C(ON1C(=O)c2ccc(Br)cc2C1=O)C(F)(F)F. The van der Waals surface area contributed by atoms with Gasteiger partial charge in [-0.3, -0.25) is 9.59 Å². The van der Waals surface area contributed by atoms with Crippen molar-refractivity contribution in [1.29, 1.82) is 0 Å². The van der Waals surface area contributed by atoms with Crippen LogP contribution in [0.15, 0.2) is 40.1 Å². The lowest BCUT2D eigenvalue weighted by atomic mass is 10.1. The number of benzene rings is 1. The van der Waals surface area contributed by atoms with Crippen LogP contribution in [-0.4, -0.2) is 35.3 Å². The molecule has 0 unspecified atom stereocenters. The Kier molecular flexibility index (Phi) is 4.39. The Morgan fingerprint density at radius 2 is 1.87 bits per heavy atom. The third kappa shape index (κ3) is 3.33. The van der Waals surface area contributed by atoms with Crippen LogP contribution >= 0.6 is 15.9 Å². The van der Waals surface area contributed by atoms with E-state index in [9.17, 15) is 22.8 Å². The molecule has 1 heterocycles. The molecule has 0 radical (unpaired) electrons. The number of methoxy groups -OCH3 is 1. The minimum absolute atomic E-state index is 0.0597. The molecule has 0 saturated heterocycles. The van der Waals surface area contributed by atoms with E-state index in [0.29, 0.717) is 4.47 Å². The monoisotopic (exact) mass is 393 g/mol. The fraction of sp³-hybridized carbons (Fsp3) is 0.154. The van der Waals surface area contributed by atoms with Gasteiger partial charge in [-0.15, -0.1) is 0 Å². The lowest BCUT2D eigenvalue weighted by Gasteiger charge is -2.16. The average molecular weight is 394 g/mol. The van der Waals surface area contributed by atoms with Gasteiger partial charge in [-0.25, -0.2) is 0 Å². The number of rotatable bonds is 3. The number of nitrogens with zero attached hydrogens (tertiary/aromatic N) is 1. The quantitative estimate of drug-likeness (QED) is 0.485. The van der Waals surface area contributed by atoms with Crippen molar-refractivity contribution in [3.63, 3.8) is 0 Å². The number of ether oxygens (including phenoxy) is 1. The van der Waals surface area contributed by atoms with Crippen LogP contribution in [0.4, 0.5) is 13.2 Å². The number of aliphatic hydroxyl groups is 1. The van der Waals surface area contributed by atoms with Crippen LogP contribution in [0, 0.1) is 0 Å². The third-order valence-electron chi connectivity index (χ3n) is 2.67. The van der Waals surface area contributed by atoms with Crippen molar-refractivity contribution in [2.75, 3.05) is 7.11 Å². The molecule has 122 valence electrons. The van der Waals surface area contributed by atoms with E-state index in [1.807, 2.05) is 0 Å². The zero-order valence-electron chi connectivity index (χ0n) is 11.3. The van der Waals surface area contributed by atoms with Gasteiger partial charge >= 0.3 is 12.1 Å². The van der Waals surface area contributed by atoms with Gasteiger partial charge in [-0.1, -0.05) is 21.0 Å². The first-order valence-corrected chi connectivity index (χ1v) is 6.62.